The fraction of sp³-hybridized carbons (Fsp3) is 0.938. The van der Waals surface area contributed by atoms with Crippen molar-refractivity contribution >= 4 is 5.96 Å². The number of hydrogen-bond acceptors (Lipinski definition) is 2. The normalized spacial score (nSPS) is 32.4. The molecule has 2 fully saturated rings. The highest BCUT2D eigenvalue weighted by molar-refractivity contribution is 5.79. The first kappa shape index (κ1) is 15.6. The third-order valence-corrected chi connectivity index (χ3v) is 4.96. The van der Waals surface area contributed by atoms with E-state index in [1.807, 2.05) is 7.05 Å². The molecule has 2 aliphatic rings. The summed E-state index contributed by atoms with van der Waals surface area (Å²) < 4.78 is 0. The van der Waals surface area contributed by atoms with Crippen molar-refractivity contribution in [1.82, 2.24) is 15.5 Å². The number of rotatable bonds is 4. The second-order valence-corrected chi connectivity index (χ2v) is 6.60. The Kier molecular flexibility index (Phi) is 6.14. The minimum Gasteiger partial charge on any atom is -0.356 e. The molecule has 116 valence electrons. The number of aliphatic imine (C=N–C) groups is 1. The second-order valence-electron chi connectivity index (χ2n) is 6.60. The minimum atomic E-state index is 0.619. The van der Waals surface area contributed by atoms with Gasteiger partial charge in [-0.1, -0.05) is 13.8 Å². The van der Waals surface area contributed by atoms with Crippen molar-refractivity contribution in [2.45, 2.75) is 52.0 Å². The molecule has 0 amide bonds. The van der Waals surface area contributed by atoms with Crippen LogP contribution in [0.15, 0.2) is 4.99 Å². The summed E-state index contributed by atoms with van der Waals surface area (Å²) in [5, 5.41) is 7.13. The van der Waals surface area contributed by atoms with Crippen molar-refractivity contribution in [3.05, 3.63) is 0 Å². The molecule has 1 unspecified atom stereocenters. The molecule has 0 bridgehead atoms. The maximum Gasteiger partial charge on any atom is 0.191 e. The fourth-order valence-corrected chi connectivity index (χ4v) is 3.40. The lowest BCUT2D eigenvalue weighted by Gasteiger charge is -2.28. The minimum absolute atomic E-state index is 0.619. The van der Waals surface area contributed by atoms with Gasteiger partial charge in [0.2, 0.25) is 0 Å². The van der Waals surface area contributed by atoms with Crippen LogP contribution in [0.1, 0.15) is 46.0 Å². The lowest BCUT2D eigenvalue weighted by Crippen LogP contribution is -2.46. The van der Waals surface area contributed by atoms with E-state index in [9.17, 15) is 0 Å². The number of guanidine groups is 1. The van der Waals surface area contributed by atoms with Crippen molar-refractivity contribution in [2.24, 2.45) is 16.8 Å². The summed E-state index contributed by atoms with van der Waals surface area (Å²) >= 11 is 0. The lowest BCUT2D eigenvalue weighted by atomic mass is 9.87. The van der Waals surface area contributed by atoms with E-state index in [0.29, 0.717) is 6.04 Å². The van der Waals surface area contributed by atoms with Crippen LogP contribution < -0.4 is 10.6 Å². The molecular formula is C16H32N4. The number of likely N-dealkylation sites (tertiary alicyclic amines) is 1. The van der Waals surface area contributed by atoms with Gasteiger partial charge in [-0.05, 0) is 57.0 Å². The Labute approximate surface area is 124 Å². The van der Waals surface area contributed by atoms with Crippen LogP contribution in [0.25, 0.3) is 0 Å². The zero-order valence-corrected chi connectivity index (χ0v) is 13.5. The molecule has 1 heterocycles. The van der Waals surface area contributed by atoms with Crippen molar-refractivity contribution in [1.29, 1.82) is 0 Å². The van der Waals surface area contributed by atoms with Gasteiger partial charge in [0, 0.05) is 26.2 Å². The predicted molar refractivity (Wildman–Crippen MR) is 86.1 cm³/mol. The van der Waals surface area contributed by atoms with Gasteiger partial charge in [-0.25, -0.2) is 0 Å². The van der Waals surface area contributed by atoms with E-state index in [1.165, 1.54) is 51.7 Å². The van der Waals surface area contributed by atoms with Crippen molar-refractivity contribution in [3.63, 3.8) is 0 Å². The van der Waals surface area contributed by atoms with Crippen LogP contribution in [-0.4, -0.2) is 50.1 Å². The molecule has 0 aromatic heterocycles. The van der Waals surface area contributed by atoms with Crippen molar-refractivity contribution in [3.8, 4) is 0 Å². The zero-order valence-electron chi connectivity index (χ0n) is 13.5. The fourth-order valence-electron chi connectivity index (χ4n) is 3.40. The van der Waals surface area contributed by atoms with Gasteiger partial charge < -0.3 is 15.5 Å². The van der Waals surface area contributed by atoms with Crippen LogP contribution in [0.4, 0.5) is 0 Å². The first-order chi connectivity index (χ1) is 9.71. The van der Waals surface area contributed by atoms with Crippen LogP contribution >= 0.6 is 0 Å². The Balaban J connectivity index is 1.68. The van der Waals surface area contributed by atoms with E-state index < -0.39 is 0 Å². The Bertz CT molecular complexity index is 308. The van der Waals surface area contributed by atoms with E-state index in [4.69, 9.17) is 0 Å². The lowest BCUT2D eigenvalue weighted by molar-refractivity contribution is 0.327. The first-order valence-electron chi connectivity index (χ1n) is 8.40. The van der Waals surface area contributed by atoms with Crippen molar-refractivity contribution in [2.75, 3.05) is 33.2 Å². The van der Waals surface area contributed by atoms with E-state index in [-0.39, 0.29) is 0 Å². The average Bonchev–Trinajstić information content (AvgIpc) is 2.93. The smallest absolute Gasteiger partial charge is 0.191 e. The topological polar surface area (TPSA) is 39.7 Å². The molecule has 1 saturated heterocycles. The Hall–Kier alpha value is -0.770. The summed E-state index contributed by atoms with van der Waals surface area (Å²) in [6.07, 6.45) is 6.59. The molecule has 1 saturated carbocycles. The average molecular weight is 280 g/mol. The summed E-state index contributed by atoms with van der Waals surface area (Å²) in [6, 6.07) is 0.619. The first-order valence-corrected chi connectivity index (χ1v) is 8.40. The summed E-state index contributed by atoms with van der Waals surface area (Å²) in [4.78, 5) is 6.91. The van der Waals surface area contributed by atoms with Gasteiger partial charge >= 0.3 is 0 Å². The summed E-state index contributed by atoms with van der Waals surface area (Å²) in [5.41, 5.74) is 0. The molecule has 1 aliphatic heterocycles. The van der Waals surface area contributed by atoms with Gasteiger partial charge in [-0.15, -0.1) is 0 Å². The molecule has 1 aliphatic carbocycles. The van der Waals surface area contributed by atoms with Crippen LogP contribution in [0.3, 0.4) is 0 Å². The number of nitrogens with zero attached hydrogens (tertiary/aromatic N) is 2. The predicted octanol–water partition coefficient (Wildman–Crippen LogP) is 2.07. The highest BCUT2D eigenvalue weighted by Gasteiger charge is 2.22. The Morgan fingerprint density at radius 3 is 2.55 bits per heavy atom. The summed E-state index contributed by atoms with van der Waals surface area (Å²) in [7, 11) is 1.88. The summed E-state index contributed by atoms with van der Waals surface area (Å²) in [6.45, 7) is 9.35. The molecule has 2 N–H and O–H groups in total. The zero-order chi connectivity index (χ0) is 14.4. The maximum atomic E-state index is 4.38. The molecule has 0 aromatic rings. The van der Waals surface area contributed by atoms with Gasteiger partial charge in [0.25, 0.3) is 0 Å². The highest BCUT2D eigenvalue weighted by Crippen LogP contribution is 2.23. The molecule has 0 spiro atoms. The van der Waals surface area contributed by atoms with Gasteiger partial charge in [0.15, 0.2) is 5.96 Å². The van der Waals surface area contributed by atoms with E-state index in [0.717, 1.165) is 24.3 Å². The van der Waals surface area contributed by atoms with Crippen molar-refractivity contribution < 1.29 is 0 Å². The molecule has 1 atom stereocenters. The van der Waals surface area contributed by atoms with Crippen LogP contribution in [0.5, 0.6) is 0 Å². The van der Waals surface area contributed by atoms with E-state index in [1.54, 1.807) is 0 Å². The maximum absolute atomic E-state index is 4.38. The molecule has 4 nitrogen and oxygen atoms in total. The molecule has 0 aromatic carbocycles. The van der Waals surface area contributed by atoms with Gasteiger partial charge in [-0.2, -0.15) is 0 Å². The highest BCUT2D eigenvalue weighted by atomic mass is 15.2. The molecular weight excluding hydrogens is 248 g/mol. The molecule has 20 heavy (non-hydrogen) atoms. The second kappa shape index (κ2) is 7.87. The molecule has 4 heteroatoms. The third-order valence-electron chi connectivity index (χ3n) is 4.96. The van der Waals surface area contributed by atoms with Crippen LogP contribution in [0, 0.1) is 11.8 Å². The van der Waals surface area contributed by atoms with Crippen LogP contribution in [-0.2, 0) is 0 Å². The quantitative estimate of drug-likeness (QED) is 0.612. The standard InChI is InChI=1S/C16H32N4/c1-4-20-10-9-14(12-20)11-18-16(17-3)19-15-7-5-13(2)6-8-15/h13-15H,4-12H2,1-3H3,(H2,17,18,19). The van der Waals surface area contributed by atoms with Gasteiger partial charge in [0.05, 0.1) is 0 Å². The molecule has 2 rings (SSSR count). The van der Waals surface area contributed by atoms with E-state index >= 15 is 0 Å². The van der Waals surface area contributed by atoms with Crippen LogP contribution in [0.2, 0.25) is 0 Å². The molecule has 0 radical (unpaired) electrons. The Morgan fingerprint density at radius 2 is 1.95 bits per heavy atom. The SMILES string of the molecule is CCN1CCC(CNC(=NC)NC2CCC(C)CC2)C1. The van der Waals surface area contributed by atoms with Gasteiger partial charge in [0.1, 0.15) is 0 Å². The number of nitrogens with one attached hydrogen (secondary N) is 2. The monoisotopic (exact) mass is 280 g/mol. The Morgan fingerprint density at radius 1 is 1.20 bits per heavy atom. The largest absolute Gasteiger partial charge is 0.356 e. The summed E-state index contributed by atoms with van der Waals surface area (Å²) in [5.74, 6) is 2.68. The number of hydrogen-bond donors (Lipinski definition) is 2. The third kappa shape index (κ3) is 4.65. The van der Waals surface area contributed by atoms with Gasteiger partial charge in [-0.3, -0.25) is 4.99 Å². The van der Waals surface area contributed by atoms with E-state index in [2.05, 4.69) is 34.4 Å².